The lowest BCUT2D eigenvalue weighted by Gasteiger charge is -2.25. The van der Waals surface area contributed by atoms with E-state index in [1.54, 1.807) is 4.90 Å². The fraction of sp³-hybridized carbons (Fsp3) is 0.520. The Labute approximate surface area is 172 Å². The molecule has 5 rings (SSSR count). The number of unbranched alkanes of at least 4 members (excludes halogenated alkanes) is 3. The van der Waals surface area contributed by atoms with Crippen LogP contribution in [0.25, 0.3) is 0 Å². The fourth-order valence-electron chi connectivity index (χ4n) is 6.02. The third-order valence-corrected chi connectivity index (χ3v) is 7.30. The number of rotatable bonds is 7. The molecule has 0 spiro atoms. The summed E-state index contributed by atoms with van der Waals surface area (Å²) in [5, 5.41) is 0. The van der Waals surface area contributed by atoms with Gasteiger partial charge < -0.3 is 4.74 Å². The van der Waals surface area contributed by atoms with Gasteiger partial charge in [0, 0.05) is 5.92 Å². The van der Waals surface area contributed by atoms with E-state index in [2.05, 4.69) is 19.1 Å². The molecule has 0 N–H and O–H groups in total. The van der Waals surface area contributed by atoms with E-state index in [0.29, 0.717) is 30.1 Å². The van der Waals surface area contributed by atoms with Gasteiger partial charge in [-0.15, -0.1) is 0 Å². The summed E-state index contributed by atoms with van der Waals surface area (Å²) in [7, 11) is 0. The highest BCUT2D eigenvalue weighted by atomic mass is 16.6. The van der Waals surface area contributed by atoms with Crippen LogP contribution < -0.4 is 0 Å². The molecule has 2 unspecified atom stereocenters. The molecule has 3 aliphatic carbocycles. The molecule has 1 amide bonds. The van der Waals surface area contributed by atoms with Gasteiger partial charge in [-0.1, -0.05) is 68.7 Å². The van der Waals surface area contributed by atoms with Gasteiger partial charge in [-0.25, -0.2) is 4.79 Å². The molecule has 5 atom stereocenters. The van der Waals surface area contributed by atoms with Gasteiger partial charge in [0.1, 0.15) is 6.61 Å². The zero-order valence-electron chi connectivity index (χ0n) is 17.0. The summed E-state index contributed by atoms with van der Waals surface area (Å²) < 4.78 is 5.46. The minimum Gasteiger partial charge on any atom is -0.447 e. The molecule has 4 heteroatoms. The van der Waals surface area contributed by atoms with E-state index >= 15 is 0 Å². The number of allylic oxidation sites excluding steroid dienone is 4. The Morgan fingerprint density at radius 3 is 2.52 bits per heavy atom. The highest BCUT2D eigenvalue weighted by molar-refractivity contribution is 6.04. The van der Waals surface area contributed by atoms with Crippen LogP contribution >= 0.6 is 0 Å². The Kier molecular flexibility index (Phi) is 4.81. The monoisotopic (exact) mass is 391 g/mol. The highest BCUT2D eigenvalue weighted by Gasteiger charge is 2.57. The van der Waals surface area contributed by atoms with Gasteiger partial charge in [0.15, 0.2) is 5.78 Å². The molecule has 4 aliphatic rings. The highest BCUT2D eigenvalue weighted by Crippen LogP contribution is 2.58. The standard InChI is InChI=1S/C25H29NO3/c1-2-3-4-8-11-19-21-17-12-13-18(14-17)22(21)24(27)23(19)26-20(15-29-25(26)28)16-9-6-5-7-10-16/h5-7,9-10,12-13,17-18,20-22H,2-4,8,11,14-15H2,1H3/t17-,18+,20+,21?,22?/m1/s1. The number of Topliss-reactive ketones (excluding diaryl/α,β-unsaturated/α-hetero) is 1. The van der Waals surface area contributed by atoms with Crippen molar-refractivity contribution in [3.63, 3.8) is 0 Å². The molecule has 29 heavy (non-hydrogen) atoms. The van der Waals surface area contributed by atoms with Gasteiger partial charge >= 0.3 is 6.09 Å². The number of hydrogen-bond donors (Lipinski definition) is 0. The SMILES string of the molecule is CCCCCCC1=C(N2C(=O)OC[C@H]2c2ccccc2)C(=O)C2C1[C@@H]1C=C[C@H]2C1. The third kappa shape index (κ3) is 2.95. The Hall–Kier alpha value is -2.36. The van der Waals surface area contributed by atoms with Crippen molar-refractivity contribution in [3.8, 4) is 0 Å². The fourth-order valence-corrected chi connectivity index (χ4v) is 6.02. The average Bonchev–Trinajstić information content (AvgIpc) is 3.49. The summed E-state index contributed by atoms with van der Waals surface area (Å²) in [5.41, 5.74) is 2.93. The third-order valence-electron chi connectivity index (χ3n) is 7.30. The number of fused-ring (bicyclic) bond motifs is 5. The summed E-state index contributed by atoms with van der Waals surface area (Å²) in [5.74, 6) is 1.30. The summed E-state index contributed by atoms with van der Waals surface area (Å²) in [6, 6.07) is 9.76. The first-order chi connectivity index (χ1) is 14.2. The van der Waals surface area contributed by atoms with Crippen molar-refractivity contribution in [1.82, 2.24) is 4.90 Å². The predicted molar refractivity (Wildman–Crippen MR) is 111 cm³/mol. The largest absolute Gasteiger partial charge is 0.447 e. The van der Waals surface area contributed by atoms with Crippen LogP contribution in [0.2, 0.25) is 0 Å². The van der Waals surface area contributed by atoms with Crippen LogP contribution in [0.5, 0.6) is 0 Å². The van der Waals surface area contributed by atoms with Crippen molar-refractivity contribution in [2.75, 3.05) is 6.61 Å². The second-order valence-electron chi connectivity index (χ2n) is 8.92. The van der Waals surface area contributed by atoms with E-state index in [9.17, 15) is 9.59 Å². The molecule has 0 radical (unpaired) electrons. The number of benzene rings is 1. The zero-order valence-corrected chi connectivity index (χ0v) is 17.0. The van der Waals surface area contributed by atoms with Gasteiger partial charge in [-0.2, -0.15) is 0 Å². The molecule has 152 valence electrons. The molecule has 0 aromatic heterocycles. The number of hydrogen-bond acceptors (Lipinski definition) is 3. The van der Waals surface area contributed by atoms with E-state index in [0.717, 1.165) is 24.8 Å². The molecular formula is C25H29NO3. The molecule has 1 heterocycles. The lowest BCUT2D eigenvalue weighted by Crippen LogP contribution is -2.32. The minimum absolute atomic E-state index is 0.0333. The van der Waals surface area contributed by atoms with E-state index in [1.807, 2.05) is 30.3 Å². The number of ether oxygens (including phenoxy) is 1. The van der Waals surface area contributed by atoms with Crippen LogP contribution in [0.1, 0.15) is 57.1 Å². The zero-order chi connectivity index (χ0) is 20.0. The van der Waals surface area contributed by atoms with Crippen LogP contribution in [0.3, 0.4) is 0 Å². The molecule has 2 bridgehead atoms. The first-order valence-electron chi connectivity index (χ1n) is 11.2. The quantitative estimate of drug-likeness (QED) is 0.460. The smallest absolute Gasteiger partial charge is 0.415 e. The summed E-state index contributed by atoms with van der Waals surface area (Å²) in [4.78, 5) is 28.2. The maximum absolute atomic E-state index is 13.6. The second kappa shape index (κ2) is 7.47. The van der Waals surface area contributed by atoms with Crippen LogP contribution in [0.4, 0.5) is 4.79 Å². The molecule has 1 aliphatic heterocycles. The molecular weight excluding hydrogens is 362 g/mol. The predicted octanol–water partition coefficient (Wildman–Crippen LogP) is 5.43. The molecule has 1 saturated heterocycles. The van der Waals surface area contributed by atoms with Crippen LogP contribution in [-0.4, -0.2) is 23.4 Å². The Balaban J connectivity index is 1.53. The van der Waals surface area contributed by atoms with Gasteiger partial charge in [0.2, 0.25) is 0 Å². The molecule has 1 aromatic carbocycles. The lowest BCUT2D eigenvalue weighted by atomic mass is 9.81. The van der Waals surface area contributed by atoms with Crippen LogP contribution in [-0.2, 0) is 9.53 Å². The number of cyclic esters (lactones) is 1. The number of amides is 1. The van der Waals surface area contributed by atoms with Gasteiger partial charge in [-0.05, 0) is 48.2 Å². The molecule has 2 fully saturated rings. The lowest BCUT2D eigenvalue weighted by molar-refractivity contribution is -0.120. The van der Waals surface area contributed by atoms with E-state index < -0.39 is 0 Å². The Morgan fingerprint density at radius 1 is 1.00 bits per heavy atom. The number of carbonyl (C=O) groups excluding carboxylic acids is 2. The van der Waals surface area contributed by atoms with Gasteiger partial charge in [0.05, 0.1) is 11.7 Å². The first-order valence-corrected chi connectivity index (χ1v) is 11.2. The van der Waals surface area contributed by atoms with Crippen molar-refractivity contribution in [1.29, 1.82) is 0 Å². The van der Waals surface area contributed by atoms with E-state index in [4.69, 9.17) is 4.74 Å². The van der Waals surface area contributed by atoms with Crippen LogP contribution in [0, 0.1) is 23.7 Å². The maximum Gasteiger partial charge on any atom is 0.415 e. The average molecular weight is 392 g/mol. The topological polar surface area (TPSA) is 46.6 Å². The van der Waals surface area contributed by atoms with Crippen molar-refractivity contribution >= 4 is 11.9 Å². The van der Waals surface area contributed by atoms with Crippen molar-refractivity contribution in [2.45, 2.75) is 51.5 Å². The normalized spacial score (nSPS) is 32.4. The van der Waals surface area contributed by atoms with Crippen molar-refractivity contribution in [2.24, 2.45) is 23.7 Å². The molecule has 1 aromatic rings. The van der Waals surface area contributed by atoms with E-state index in [1.165, 1.54) is 24.8 Å². The van der Waals surface area contributed by atoms with E-state index in [-0.39, 0.29) is 23.8 Å². The summed E-state index contributed by atoms with van der Waals surface area (Å²) in [6.07, 6.45) is 10.9. The summed E-state index contributed by atoms with van der Waals surface area (Å²) >= 11 is 0. The minimum atomic E-state index is -0.367. The number of ketones is 1. The molecule has 1 saturated carbocycles. The second-order valence-corrected chi connectivity index (χ2v) is 8.92. The Bertz CT molecular complexity index is 871. The molecule has 4 nitrogen and oxygen atoms in total. The van der Waals surface area contributed by atoms with Crippen LogP contribution in [0.15, 0.2) is 53.8 Å². The summed E-state index contributed by atoms with van der Waals surface area (Å²) in [6.45, 7) is 2.52. The van der Waals surface area contributed by atoms with Crippen molar-refractivity contribution in [3.05, 3.63) is 59.3 Å². The number of carbonyl (C=O) groups is 2. The number of nitrogens with zero attached hydrogens (tertiary/aromatic N) is 1. The van der Waals surface area contributed by atoms with Gasteiger partial charge in [-0.3, -0.25) is 9.69 Å². The Morgan fingerprint density at radius 2 is 1.76 bits per heavy atom. The van der Waals surface area contributed by atoms with Crippen molar-refractivity contribution < 1.29 is 14.3 Å². The first kappa shape index (κ1) is 18.7. The maximum atomic E-state index is 13.6. The van der Waals surface area contributed by atoms with Gasteiger partial charge in [0.25, 0.3) is 0 Å².